The van der Waals surface area contributed by atoms with Gasteiger partial charge < -0.3 is 9.84 Å². The number of hydrogen-bond acceptors (Lipinski definition) is 6. The molecule has 0 aliphatic heterocycles. The largest absolute Gasteiger partial charge is 0.505 e. The van der Waals surface area contributed by atoms with Crippen molar-refractivity contribution in [3.8, 4) is 11.4 Å². The van der Waals surface area contributed by atoms with E-state index < -0.39 is 0 Å². The number of phenolic OH excluding ortho intramolecular Hbond substituents is 1. The lowest BCUT2D eigenvalue weighted by molar-refractivity contribution is -0.143. The molecule has 0 radical (unpaired) electrons. The summed E-state index contributed by atoms with van der Waals surface area (Å²) in [6.07, 6.45) is 24.9. The summed E-state index contributed by atoms with van der Waals surface area (Å²) in [6, 6.07) is 10.2. The van der Waals surface area contributed by atoms with E-state index in [1.54, 1.807) is 4.80 Å². The van der Waals surface area contributed by atoms with Crippen LogP contribution in [0.25, 0.3) is 16.7 Å². The minimum Gasteiger partial charge on any atom is -0.505 e. The Morgan fingerprint density at radius 3 is 1.94 bits per heavy atom. The van der Waals surface area contributed by atoms with E-state index in [-0.39, 0.29) is 17.1 Å². The molecule has 0 saturated carbocycles. The normalized spacial score (nSPS) is 11.9. The number of carbonyl (C=O) groups is 1. The van der Waals surface area contributed by atoms with Gasteiger partial charge in [0, 0.05) is 16.9 Å². The van der Waals surface area contributed by atoms with E-state index in [2.05, 4.69) is 44.9 Å². The second-order valence-electron chi connectivity index (χ2n) is 14.8. The fraction of sp³-hybridized carbons (Fsp3) is 0.683. The third kappa shape index (κ3) is 14.9. The molecule has 0 spiro atoms. The van der Waals surface area contributed by atoms with Crippen LogP contribution < -0.4 is 0 Å². The number of hydrogen-bond donors (Lipinski definition) is 1. The zero-order chi connectivity index (χ0) is 34.6. The Balaban J connectivity index is 1.18. The van der Waals surface area contributed by atoms with Gasteiger partial charge in [0.2, 0.25) is 0 Å². The van der Waals surface area contributed by atoms with Crippen LogP contribution in [0.1, 0.15) is 167 Å². The van der Waals surface area contributed by atoms with Crippen molar-refractivity contribution in [2.75, 3.05) is 12.4 Å². The van der Waals surface area contributed by atoms with Gasteiger partial charge in [-0.3, -0.25) is 4.79 Å². The Morgan fingerprint density at radius 2 is 1.31 bits per heavy atom. The standard InChI is InChI=1S/C41H65N3O3S/c1-6-7-8-9-10-11-12-13-14-15-16-17-18-19-22-25-39(45)47-28-23-20-21-24-29-48-34-26-27-36-37(32-34)43-44(42-36)38-31-33(2)30-35(40(38)46)41(3,4)5/h26-27,30-32,46H,6-25,28-29H2,1-5H3. The molecule has 268 valence electrons. The molecule has 1 N–H and O–H groups in total. The Labute approximate surface area is 296 Å². The van der Waals surface area contributed by atoms with Crippen molar-refractivity contribution in [3.63, 3.8) is 0 Å². The van der Waals surface area contributed by atoms with Crippen LogP contribution in [-0.2, 0) is 14.9 Å². The fourth-order valence-corrected chi connectivity index (χ4v) is 7.17. The third-order valence-electron chi connectivity index (χ3n) is 9.16. The maximum Gasteiger partial charge on any atom is 0.305 e. The summed E-state index contributed by atoms with van der Waals surface area (Å²) in [5.74, 6) is 1.24. The molecular formula is C41H65N3O3S. The van der Waals surface area contributed by atoms with Gasteiger partial charge in [-0.05, 0) is 67.2 Å². The minimum atomic E-state index is -0.184. The number of ether oxygens (including phenoxy) is 1. The van der Waals surface area contributed by atoms with Gasteiger partial charge in [-0.1, -0.05) is 136 Å². The quantitative estimate of drug-likeness (QED) is 0.0545. The SMILES string of the molecule is CCCCCCCCCCCCCCCCCC(=O)OCCCCCCSc1ccc2nn(-c3cc(C)cc(C(C)(C)C)c3O)nc2c1. The minimum absolute atomic E-state index is 0.0279. The molecule has 2 aromatic carbocycles. The van der Waals surface area contributed by atoms with Crippen LogP contribution in [0, 0.1) is 6.92 Å². The lowest BCUT2D eigenvalue weighted by atomic mass is 9.85. The zero-order valence-corrected chi connectivity index (χ0v) is 31.8. The van der Waals surface area contributed by atoms with E-state index in [1.165, 1.54) is 88.4 Å². The average molecular weight is 680 g/mol. The lowest BCUT2D eigenvalue weighted by Crippen LogP contribution is -2.13. The van der Waals surface area contributed by atoms with Crippen LogP contribution in [-0.4, -0.2) is 38.4 Å². The topological polar surface area (TPSA) is 77.2 Å². The number of carbonyl (C=O) groups excluding carboxylic acids is 1. The molecule has 0 aliphatic carbocycles. The molecule has 0 aliphatic rings. The van der Waals surface area contributed by atoms with Gasteiger partial charge in [0.15, 0.2) is 0 Å². The maximum absolute atomic E-state index is 12.1. The Bertz CT molecular complexity index is 1350. The van der Waals surface area contributed by atoms with Gasteiger partial charge in [-0.25, -0.2) is 0 Å². The molecule has 1 heterocycles. The number of aromatic hydroxyl groups is 1. The number of nitrogens with zero attached hydrogens (tertiary/aromatic N) is 3. The predicted octanol–water partition coefficient (Wildman–Crippen LogP) is 12.2. The summed E-state index contributed by atoms with van der Waals surface area (Å²) < 4.78 is 5.47. The summed E-state index contributed by atoms with van der Waals surface area (Å²) in [4.78, 5) is 14.8. The highest BCUT2D eigenvalue weighted by molar-refractivity contribution is 7.99. The first kappa shape index (κ1) is 39.9. The summed E-state index contributed by atoms with van der Waals surface area (Å²) in [6.45, 7) is 11.1. The van der Waals surface area contributed by atoms with Crippen LogP contribution in [0.4, 0.5) is 0 Å². The molecule has 0 unspecified atom stereocenters. The molecule has 0 atom stereocenters. The second kappa shape index (κ2) is 22.2. The first-order chi connectivity index (χ1) is 23.2. The van der Waals surface area contributed by atoms with Gasteiger partial charge in [-0.15, -0.1) is 26.8 Å². The van der Waals surface area contributed by atoms with Gasteiger partial charge in [0.1, 0.15) is 22.5 Å². The molecular weight excluding hydrogens is 615 g/mol. The van der Waals surface area contributed by atoms with Crippen molar-refractivity contribution in [3.05, 3.63) is 41.5 Å². The molecule has 3 aromatic rings. The monoisotopic (exact) mass is 679 g/mol. The number of benzene rings is 2. The van der Waals surface area contributed by atoms with E-state index in [1.807, 2.05) is 36.9 Å². The molecule has 0 bridgehead atoms. The lowest BCUT2D eigenvalue weighted by Gasteiger charge is -2.22. The molecule has 1 aromatic heterocycles. The molecule has 7 heteroatoms. The summed E-state index contributed by atoms with van der Waals surface area (Å²) in [5.41, 5.74) is 4.02. The van der Waals surface area contributed by atoms with E-state index >= 15 is 0 Å². The molecule has 48 heavy (non-hydrogen) atoms. The number of esters is 1. The number of aromatic nitrogens is 3. The van der Waals surface area contributed by atoms with E-state index in [0.29, 0.717) is 18.7 Å². The van der Waals surface area contributed by atoms with E-state index in [4.69, 9.17) is 9.84 Å². The van der Waals surface area contributed by atoms with Crippen LogP contribution in [0.2, 0.25) is 0 Å². The maximum atomic E-state index is 12.1. The van der Waals surface area contributed by atoms with Crippen molar-refractivity contribution < 1.29 is 14.6 Å². The number of phenols is 1. The predicted molar refractivity (Wildman–Crippen MR) is 204 cm³/mol. The van der Waals surface area contributed by atoms with E-state index in [9.17, 15) is 9.90 Å². The highest BCUT2D eigenvalue weighted by Gasteiger charge is 2.22. The van der Waals surface area contributed by atoms with Crippen molar-refractivity contribution in [2.24, 2.45) is 0 Å². The van der Waals surface area contributed by atoms with Gasteiger partial charge in [0.05, 0.1) is 6.61 Å². The highest BCUT2D eigenvalue weighted by atomic mass is 32.2. The average Bonchev–Trinajstić information content (AvgIpc) is 3.48. The number of thioether (sulfide) groups is 1. The van der Waals surface area contributed by atoms with Gasteiger partial charge in [-0.2, -0.15) is 0 Å². The van der Waals surface area contributed by atoms with E-state index in [0.717, 1.165) is 66.4 Å². The fourth-order valence-electron chi connectivity index (χ4n) is 6.22. The molecule has 0 fully saturated rings. The summed E-state index contributed by atoms with van der Waals surface area (Å²) >= 11 is 1.83. The van der Waals surface area contributed by atoms with Crippen molar-refractivity contribution in [1.29, 1.82) is 0 Å². The summed E-state index contributed by atoms with van der Waals surface area (Å²) in [5, 5.41) is 20.4. The molecule has 6 nitrogen and oxygen atoms in total. The van der Waals surface area contributed by atoms with Crippen LogP contribution in [0.15, 0.2) is 35.2 Å². The molecule has 3 rings (SSSR count). The Kier molecular flexibility index (Phi) is 18.5. The number of aryl methyl sites for hydroxylation is 1. The highest BCUT2D eigenvalue weighted by Crippen LogP contribution is 2.36. The van der Waals surface area contributed by atoms with Gasteiger partial charge >= 0.3 is 5.97 Å². The zero-order valence-electron chi connectivity index (χ0n) is 31.0. The van der Waals surface area contributed by atoms with Crippen LogP contribution in [0.5, 0.6) is 5.75 Å². The molecule has 0 saturated heterocycles. The Hall–Kier alpha value is -2.54. The van der Waals surface area contributed by atoms with Crippen LogP contribution >= 0.6 is 11.8 Å². The first-order valence-electron chi connectivity index (χ1n) is 19.2. The van der Waals surface area contributed by atoms with Crippen molar-refractivity contribution >= 4 is 28.8 Å². The Morgan fingerprint density at radius 1 is 0.750 bits per heavy atom. The molecule has 0 amide bonds. The summed E-state index contributed by atoms with van der Waals surface area (Å²) in [7, 11) is 0. The number of unbranched alkanes of at least 4 members (excludes halogenated alkanes) is 17. The second-order valence-corrected chi connectivity index (χ2v) is 15.9. The van der Waals surface area contributed by atoms with Crippen molar-refractivity contribution in [2.45, 2.75) is 173 Å². The first-order valence-corrected chi connectivity index (χ1v) is 20.2. The number of rotatable bonds is 25. The third-order valence-corrected chi connectivity index (χ3v) is 10.2. The van der Waals surface area contributed by atoms with Crippen molar-refractivity contribution in [1.82, 2.24) is 15.0 Å². The van der Waals surface area contributed by atoms with Crippen LogP contribution in [0.3, 0.4) is 0 Å². The smallest absolute Gasteiger partial charge is 0.305 e. The van der Waals surface area contributed by atoms with Gasteiger partial charge in [0.25, 0.3) is 0 Å². The number of fused-ring (bicyclic) bond motifs is 1.